The molecule has 1 atom stereocenters. The molecular weight excluding hydrogens is 473 g/mol. The van der Waals surface area contributed by atoms with Crippen LogP contribution in [-0.4, -0.2) is 42.5 Å². The van der Waals surface area contributed by atoms with E-state index in [4.69, 9.17) is 21.1 Å². The maximum atomic E-state index is 13.4. The fourth-order valence-corrected chi connectivity index (χ4v) is 4.28. The van der Waals surface area contributed by atoms with Gasteiger partial charge in [0.2, 0.25) is 0 Å². The monoisotopic (exact) mass is 495 g/mol. The lowest BCUT2D eigenvalue weighted by Crippen LogP contribution is -2.31. The van der Waals surface area contributed by atoms with E-state index in [-0.39, 0.29) is 23.4 Å². The van der Waals surface area contributed by atoms with E-state index >= 15 is 0 Å². The summed E-state index contributed by atoms with van der Waals surface area (Å²) >= 11 is 6.05. The number of likely N-dealkylation sites (tertiary alicyclic amines) is 1. The van der Waals surface area contributed by atoms with E-state index in [1.165, 1.54) is 36.3 Å². The van der Waals surface area contributed by atoms with Crippen molar-refractivity contribution in [3.05, 3.63) is 99.8 Å². The van der Waals surface area contributed by atoms with Crippen LogP contribution in [-0.2, 0) is 16.0 Å². The maximum Gasteiger partial charge on any atom is 0.295 e. The van der Waals surface area contributed by atoms with Crippen LogP contribution in [0.4, 0.5) is 4.39 Å². The number of halogens is 2. The molecule has 8 heteroatoms. The van der Waals surface area contributed by atoms with E-state index < -0.39 is 23.5 Å². The van der Waals surface area contributed by atoms with Crippen molar-refractivity contribution in [3.63, 3.8) is 0 Å². The summed E-state index contributed by atoms with van der Waals surface area (Å²) in [7, 11) is 3.08. The molecule has 6 nitrogen and oxygen atoms in total. The minimum absolute atomic E-state index is 0.0590. The zero-order chi connectivity index (χ0) is 25.1. The van der Waals surface area contributed by atoms with Crippen molar-refractivity contribution in [1.29, 1.82) is 0 Å². The number of hydrogen-bond donors (Lipinski definition) is 1. The van der Waals surface area contributed by atoms with Crippen LogP contribution in [0.1, 0.15) is 22.7 Å². The summed E-state index contributed by atoms with van der Waals surface area (Å²) in [6.45, 7) is 0.202. The molecule has 3 aromatic rings. The average molecular weight is 496 g/mol. The Morgan fingerprint density at radius 2 is 1.63 bits per heavy atom. The van der Waals surface area contributed by atoms with Crippen molar-refractivity contribution >= 4 is 29.1 Å². The fourth-order valence-electron chi connectivity index (χ4n) is 4.15. The number of aliphatic hydroxyl groups is 1. The molecule has 0 unspecified atom stereocenters. The van der Waals surface area contributed by atoms with Gasteiger partial charge in [0, 0.05) is 17.1 Å². The third kappa shape index (κ3) is 4.86. The fraction of sp³-hybridized carbons (Fsp3) is 0.185. The second kappa shape index (κ2) is 10.2. The number of nitrogens with zero attached hydrogens (tertiary/aromatic N) is 1. The lowest BCUT2D eigenvalue weighted by molar-refractivity contribution is -0.139. The smallest absolute Gasteiger partial charge is 0.295 e. The van der Waals surface area contributed by atoms with Crippen LogP contribution >= 0.6 is 11.6 Å². The van der Waals surface area contributed by atoms with E-state index in [1.807, 2.05) is 12.1 Å². The Balaban J connectivity index is 1.73. The van der Waals surface area contributed by atoms with Crippen LogP contribution in [0, 0.1) is 5.82 Å². The van der Waals surface area contributed by atoms with Crippen molar-refractivity contribution in [3.8, 4) is 11.5 Å². The van der Waals surface area contributed by atoms with Crippen LogP contribution in [0.5, 0.6) is 11.5 Å². The van der Waals surface area contributed by atoms with E-state index in [9.17, 15) is 19.1 Å². The number of carbonyl (C=O) groups excluding carboxylic acids is 2. The van der Waals surface area contributed by atoms with Crippen LogP contribution in [0.3, 0.4) is 0 Å². The zero-order valence-corrected chi connectivity index (χ0v) is 19.9. The number of ether oxygens (including phenoxy) is 2. The van der Waals surface area contributed by atoms with Crippen LogP contribution in [0.15, 0.2) is 72.3 Å². The summed E-state index contributed by atoms with van der Waals surface area (Å²) < 4.78 is 24.0. The summed E-state index contributed by atoms with van der Waals surface area (Å²) in [4.78, 5) is 27.6. The van der Waals surface area contributed by atoms with Gasteiger partial charge >= 0.3 is 0 Å². The molecule has 1 saturated heterocycles. The Bertz CT molecular complexity index is 1290. The molecule has 0 aromatic heterocycles. The van der Waals surface area contributed by atoms with Gasteiger partial charge in [-0.2, -0.15) is 0 Å². The van der Waals surface area contributed by atoms with Gasteiger partial charge in [-0.1, -0.05) is 29.8 Å². The molecule has 3 aromatic carbocycles. The third-order valence-corrected chi connectivity index (χ3v) is 6.18. The van der Waals surface area contributed by atoms with Gasteiger partial charge in [0.25, 0.3) is 11.7 Å². The first-order valence-electron chi connectivity index (χ1n) is 10.8. The predicted octanol–water partition coefficient (Wildman–Crippen LogP) is 5.16. The SMILES string of the molecule is COc1ccc(CCN2C(=O)C(=O)C(=C(O)c3ccc(F)cc3)[C@H]2c2ccc(Cl)cc2)cc1OC. The van der Waals surface area contributed by atoms with Crippen molar-refractivity contribution in [2.75, 3.05) is 20.8 Å². The normalized spacial score (nSPS) is 17.0. The summed E-state index contributed by atoms with van der Waals surface area (Å²) in [5, 5.41) is 11.5. The highest BCUT2D eigenvalue weighted by Gasteiger charge is 2.45. The van der Waals surface area contributed by atoms with E-state index in [1.54, 1.807) is 37.4 Å². The first kappa shape index (κ1) is 24.3. The number of aliphatic hydroxyl groups excluding tert-OH is 1. The Labute approximate surface area is 207 Å². The number of rotatable bonds is 7. The lowest BCUT2D eigenvalue weighted by Gasteiger charge is -2.25. The number of methoxy groups -OCH3 is 2. The largest absolute Gasteiger partial charge is 0.507 e. The summed E-state index contributed by atoms with van der Waals surface area (Å²) in [5.74, 6) is -1.24. The van der Waals surface area contributed by atoms with Gasteiger partial charge in [0.1, 0.15) is 11.6 Å². The second-order valence-corrected chi connectivity index (χ2v) is 8.43. The molecule has 0 radical (unpaired) electrons. The van der Waals surface area contributed by atoms with Crippen LogP contribution in [0.2, 0.25) is 5.02 Å². The van der Waals surface area contributed by atoms with E-state index in [0.717, 1.165) is 5.56 Å². The van der Waals surface area contributed by atoms with Crippen LogP contribution < -0.4 is 9.47 Å². The number of amides is 1. The van der Waals surface area contributed by atoms with E-state index in [2.05, 4.69) is 0 Å². The lowest BCUT2D eigenvalue weighted by atomic mass is 9.95. The van der Waals surface area contributed by atoms with Gasteiger partial charge in [0.15, 0.2) is 11.5 Å². The third-order valence-electron chi connectivity index (χ3n) is 5.93. The van der Waals surface area contributed by atoms with Crippen molar-refractivity contribution in [1.82, 2.24) is 4.90 Å². The highest BCUT2D eigenvalue weighted by Crippen LogP contribution is 2.40. The standard InChI is InChI=1S/C27H23ClFNO5/c1-34-21-12-3-16(15-22(21)35-2)13-14-30-24(17-4-8-19(28)9-5-17)23(26(32)27(30)33)25(31)18-6-10-20(29)11-7-18/h3-12,15,24,31H,13-14H2,1-2H3/t24-/m1/s1. The topological polar surface area (TPSA) is 76.1 Å². The molecule has 1 fully saturated rings. The molecule has 1 aliphatic rings. The minimum Gasteiger partial charge on any atom is -0.507 e. The van der Waals surface area contributed by atoms with E-state index in [0.29, 0.717) is 28.5 Å². The molecule has 0 saturated carbocycles. The number of Topliss-reactive ketones (excluding diaryl/α,β-unsaturated/α-hetero) is 1. The maximum absolute atomic E-state index is 13.4. The van der Waals surface area contributed by atoms with Gasteiger partial charge in [0.05, 0.1) is 25.8 Å². The summed E-state index contributed by atoms with van der Waals surface area (Å²) in [5.41, 5.74) is 1.67. The molecular formula is C27H23ClFNO5. The molecule has 1 heterocycles. The number of carbonyl (C=O) groups is 2. The number of ketones is 1. The quantitative estimate of drug-likeness (QED) is 0.278. The van der Waals surface area contributed by atoms with Crippen molar-refractivity contribution in [2.24, 2.45) is 0 Å². The molecule has 1 N–H and O–H groups in total. The molecule has 0 spiro atoms. The molecule has 0 aliphatic carbocycles. The Morgan fingerprint density at radius 1 is 0.971 bits per heavy atom. The first-order valence-corrected chi connectivity index (χ1v) is 11.2. The number of benzene rings is 3. The van der Waals surface area contributed by atoms with Crippen molar-refractivity contribution < 1.29 is 28.6 Å². The van der Waals surface area contributed by atoms with Crippen molar-refractivity contribution in [2.45, 2.75) is 12.5 Å². The number of hydrogen-bond acceptors (Lipinski definition) is 5. The summed E-state index contributed by atoms with van der Waals surface area (Å²) in [6, 6.07) is 16.4. The molecule has 1 aliphatic heterocycles. The molecule has 4 rings (SSSR count). The summed E-state index contributed by atoms with van der Waals surface area (Å²) in [6.07, 6.45) is 0.425. The molecule has 1 amide bonds. The van der Waals surface area contributed by atoms with Gasteiger partial charge < -0.3 is 19.5 Å². The Hall–Kier alpha value is -3.84. The molecule has 35 heavy (non-hydrogen) atoms. The predicted molar refractivity (Wildman–Crippen MR) is 130 cm³/mol. The molecule has 0 bridgehead atoms. The Morgan fingerprint density at radius 3 is 2.26 bits per heavy atom. The van der Waals surface area contributed by atoms with Gasteiger partial charge in [-0.25, -0.2) is 4.39 Å². The van der Waals surface area contributed by atoms with Crippen LogP contribution in [0.25, 0.3) is 5.76 Å². The zero-order valence-electron chi connectivity index (χ0n) is 19.1. The Kier molecular flexibility index (Phi) is 7.07. The highest BCUT2D eigenvalue weighted by atomic mass is 35.5. The van der Waals surface area contributed by atoms with Gasteiger partial charge in [-0.3, -0.25) is 9.59 Å². The first-order chi connectivity index (χ1) is 16.8. The van der Waals surface area contributed by atoms with Gasteiger partial charge in [-0.15, -0.1) is 0 Å². The van der Waals surface area contributed by atoms with Gasteiger partial charge in [-0.05, 0) is 66.1 Å². The highest BCUT2D eigenvalue weighted by molar-refractivity contribution is 6.46. The molecule has 180 valence electrons. The second-order valence-electron chi connectivity index (χ2n) is 7.99. The average Bonchev–Trinajstić information content (AvgIpc) is 3.12. The minimum atomic E-state index is -0.836.